The van der Waals surface area contributed by atoms with Crippen LogP contribution in [-0.2, 0) is 4.79 Å². The van der Waals surface area contributed by atoms with E-state index in [2.05, 4.69) is 10.2 Å². The van der Waals surface area contributed by atoms with Crippen LogP contribution in [0.1, 0.15) is 46.4 Å². The average Bonchev–Trinajstić information content (AvgIpc) is 2.86. The van der Waals surface area contributed by atoms with Crippen molar-refractivity contribution in [1.82, 2.24) is 10.2 Å². The number of hydrogen-bond donors (Lipinski definition) is 3. The van der Waals surface area contributed by atoms with Crippen molar-refractivity contribution in [2.45, 2.75) is 24.7 Å². The first-order valence-corrected chi connectivity index (χ1v) is 5.27. The van der Waals surface area contributed by atoms with Crippen LogP contribution in [0.15, 0.2) is 0 Å². The van der Waals surface area contributed by atoms with Gasteiger partial charge in [-0.05, 0) is 24.7 Å². The fourth-order valence-corrected chi connectivity index (χ4v) is 2.73. The maximum atomic E-state index is 11.3. The van der Waals surface area contributed by atoms with Gasteiger partial charge in [-0.15, -0.1) is 0 Å². The van der Waals surface area contributed by atoms with Gasteiger partial charge >= 0.3 is 0 Å². The number of nitrogens with zero attached hydrogens (tertiary/aromatic N) is 1. The largest absolute Gasteiger partial charge is 0.369 e. The van der Waals surface area contributed by atoms with Crippen LogP contribution >= 0.6 is 0 Å². The summed E-state index contributed by atoms with van der Waals surface area (Å²) in [6, 6.07) is 0. The van der Waals surface area contributed by atoms with Crippen molar-refractivity contribution in [2.75, 3.05) is 0 Å². The number of aromatic nitrogens is 2. The van der Waals surface area contributed by atoms with Gasteiger partial charge in [0.05, 0.1) is 11.6 Å². The van der Waals surface area contributed by atoms with Crippen molar-refractivity contribution >= 4 is 11.8 Å². The second-order valence-electron chi connectivity index (χ2n) is 4.56. The third-order valence-electron chi connectivity index (χ3n) is 3.59. The number of aromatic amines is 1. The highest BCUT2D eigenvalue weighted by Gasteiger charge is 2.50. The van der Waals surface area contributed by atoms with Crippen molar-refractivity contribution in [3.8, 4) is 0 Å². The van der Waals surface area contributed by atoms with Crippen molar-refractivity contribution in [3.63, 3.8) is 0 Å². The molecule has 3 rings (SSSR count). The third kappa shape index (κ3) is 1.09. The fourth-order valence-electron chi connectivity index (χ4n) is 2.73. The van der Waals surface area contributed by atoms with Crippen LogP contribution < -0.4 is 11.5 Å². The average molecular weight is 220 g/mol. The summed E-state index contributed by atoms with van der Waals surface area (Å²) >= 11 is 0. The molecule has 2 aliphatic rings. The van der Waals surface area contributed by atoms with Crippen LogP contribution in [0.2, 0.25) is 0 Å². The second kappa shape index (κ2) is 2.84. The van der Waals surface area contributed by atoms with Crippen LogP contribution in [0.25, 0.3) is 0 Å². The standard InChI is InChI=1S/C10H12N4O2/c11-9(15)5-2-3-1-4(3)6-7(5)13-14-8(6)10(12)16/h3-5H,1-2H2,(H2,11,15)(H2,12,16)(H,13,14). The predicted octanol–water partition coefficient (Wildman–Crippen LogP) is -0.415. The van der Waals surface area contributed by atoms with E-state index in [0.717, 1.165) is 18.4 Å². The molecule has 1 saturated carbocycles. The SMILES string of the molecule is NC(=O)c1n[nH]c2c1C1CC1CC2C(N)=O. The monoisotopic (exact) mass is 220 g/mol. The van der Waals surface area contributed by atoms with Gasteiger partial charge in [0.25, 0.3) is 5.91 Å². The van der Waals surface area contributed by atoms with E-state index in [0.29, 0.717) is 17.5 Å². The summed E-state index contributed by atoms with van der Waals surface area (Å²) in [5.74, 6) is -0.466. The molecule has 0 spiro atoms. The molecule has 0 saturated heterocycles. The van der Waals surface area contributed by atoms with E-state index in [1.54, 1.807) is 0 Å². The lowest BCUT2D eigenvalue weighted by Crippen LogP contribution is -2.25. The summed E-state index contributed by atoms with van der Waals surface area (Å²) in [6.07, 6.45) is 1.75. The first-order chi connectivity index (χ1) is 7.59. The van der Waals surface area contributed by atoms with E-state index in [1.165, 1.54) is 0 Å². The molecule has 1 fully saturated rings. The quantitative estimate of drug-likeness (QED) is 0.628. The van der Waals surface area contributed by atoms with Crippen molar-refractivity contribution < 1.29 is 9.59 Å². The van der Waals surface area contributed by atoms with Gasteiger partial charge < -0.3 is 11.5 Å². The lowest BCUT2D eigenvalue weighted by Gasteiger charge is -2.18. The van der Waals surface area contributed by atoms with Gasteiger partial charge in [0, 0.05) is 5.56 Å². The maximum absolute atomic E-state index is 11.3. The molecule has 6 nitrogen and oxygen atoms in total. The summed E-state index contributed by atoms with van der Waals surface area (Å²) < 4.78 is 0. The first-order valence-electron chi connectivity index (χ1n) is 5.27. The van der Waals surface area contributed by atoms with Gasteiger partial charge in [-0.2, -0.15) is 5.10 Å². The van der Waals surface area contributed by atoms with E-state index in [1.807, 2.05) is 0 Å². The summed E-state index contributed by atoms with van der Waals surface area (Å²) in [6.45, 7) is 0. The smallest absolute Gasteiger partial charge is 0.269 e. The molecule has 0 aromatic carbocycles. The first kappa shape index (κ1) is 9.38. The molecule has 2 amide bonds. The Kier molecular flexibility index (Phi) is 1.66. The molecule has 84 valence electrons. The molecule has 2 aliphatic carbocycles. The predicted molar refractivity (Wildman–Crippen MR) is 54.5 cm³/mol. The summed E-state index contributed by atoms with van der Waals surface area (Å²) in [7, 11) is 0. The van der Waals surface area contributed by atoms with Gasteiger partial charge in [0.15, 0.2) is 5.69 Å². The van der Waals surface area contributed by atoms with Crippen LogP contribution in [0.4, 0.5) is 0 Å². The minimum absolute atomic E-state index is 0.272. The number of carbonyl (C=O) groups excluding carboxylic acids is 2. The van der Waals surface area contributed by atoms with Gasteiger partial charge in [-0.3, -0.25) is 14.7 Å². The van der Waals surface area contributed by atoms with Crippen LogP contribution in [0.5, 0.6) is 0 Å². The lowest BCUT2D eigenvalue weighted by atomic mass is 9.86. The Morgan fingerprint density at radius 2 is 2.06 bits per heavy atom. The minimum atomic E-state index is -0.548. The lowest BCUT2D eigenvalue weighted by molar-refractivity contribution is -0.119. The van der Waals surface area contributed by atoms with E-state index < -0.39 is 5.91 Å². The van der Waals surface area contributed by atoms with Crippen molar-refractivity contribution in [3.05, 3.63) is 17.0 Å². The van der Waals surface area contributed by atoms with Crippen LogP contribution in [-0.4, -0.2) is 22.0 Å². The number of rotatable bonds is 2. The Bertz CT molecular complexity index is 493. The van der Waals surface area contributed by atoms with E-state index in [4.69, 9.17) is 11.5 Å². The highest BCUT2D eigenvalue weighted by molar-refractivity contribution is 5.94. The Labute approximate surface area is 91.4 Å². The number of carbonyl (C=O) groups is 2. The number of H-pyrrole nitrogens is 1. The molecule has 16 heavy (non-hydrogen) atoms. The Morgan fingerprint density at radius 1 is 1.31 bits per heavy atom. The highest BCUT2D eigenvalue weighted by atomic mass is 16.1. The summed E-state index contributed by atoms with van der Waals surface area (Å²) in [4.78, 5) is 22.5. The van der Waals surface area contributed by atoms with Gasteiger partial charge in [-0.25, -0.2) is 0 Å². The minimum Gasteiger partial charge on any atom is -0.369 e. The zero-order chi connectivity index (χ0) is 11.4. The molecule has 0 radical (unpaired) electrons. The molecule has 0 aliphatic heterocycles. The Morgan fingerprint density at radius 3 is 2.69 bits per heavy atom. The van der Waals surface area contributed by atoms with E-state index in [9.17, 15) is 9.59 Å². The van der Waals surface area contributed by atoms with Crippen LogP contribution in [0.3, 0.4) is 0 Å². The van der Waals surface area contributed by atoms with Gasteiger partial charge in [-0.1, -0.05) is 0 Å². The topological polar surface area (TPSA) is 115 Å². The Hall–Kier alpha value is -1.85. The van der Waals surface area contributed by atoms with Crippen molar-refractivity contribution in [2.24, 2.45) is 17.4 Å². The third-order valence-corrected chi connectivity index (χ3v) is 3.59. The molecule has 1 heterocycles. The number of amides is 2. The number of hydrogen-bond acceptors (Lipinski definition) is 3. The molecule has 5 N–H and O–H groups in total. The molecule has 3 atom stereocenters. The van der Waals surface area contributed by atoms with E-state index in [-0.39, 0.29) is 17.5 Å². The van der Waals surface area contributed by atoms with Crippen molar-refractivity contribution in [1.29, 1.82) is 0 Å². The number of nitrogens with two attached hydrogens (primary N) is 2. The summed E-state index contributed by atoms with van der Waals surface area (Å²) in [5.41, 5.74) is 12.4. The Balaban J connectivity index is 2.13. The molecular weight excluding hydrogens is 208 g/mol. The molecular formula is C10H12N4O2. The van der Waals surface area contributed by atoms with Crippen LogP contribution in [0, 0.1) is 5.92 Å². The number of fused-ring (bicyclic) bond motifs is 3. The highest BCUT2D eigenvalue weighted by Crippen LogP contribution is 2.58. The van der Waals surface area contributed by atoms with Gasteiger partial charge in [0.2, 0.25) is 5.91 Å². The van der Waals surface area contributed by atoms with Gasteiger partial charge in [0.1, 0.15) is 0 Å². The second-order valence-corrected chi connectivity index (χ2v) is 4.56. The maximum Gasteiger partial charge on any atom is 0.269 e. The number of nitrogens with one attached hydrogen (secondary N) is 1. The van der Waals surface area contributed by atoms with E-state index >= 15 is 0 Å². The zero-order valence-corrected chi connectivity index (χ0v) is 8.56. The molecule has 0 bridgehead atoms. The molecule has 1 aromatic heterocycles. The summed E-state index contributed by atoms with van der Waals surface area (Å²) in [5, 5.41) is 6.64. The molecule has 6 heteroatoms. The number of primary amides is 2. The zero-order valence-electron chi connectivity index (χ0n) is 8.56. The fraction of sp³-hybridized carbons (Fsp3) is 0.500. The molecule has 1 aromatic rings. The molecule has 3 unspecified atom stereocenters. The normalized spacial score (nSPS) is 30.4.